The van der Waals surface area contributed by atoms with Crippen LogP contribution in [0.25, 0.3) is 0 Å². The van der Waals surface area contributed by atoms with Gasteiger partial charge in [0.25, 0.3) is 0 Å². The molecule has 0 amide bonds. The second-order valence-corrected chi connectivity index (χ2v) is 16.1. The van der Waals surface area contributed by atoms with E-state index in [4.69, 9.17) is 0 Å². The molecule has 0 fully saturated rings. The maximum Gasteiger partial charge on any atom is 0.176 e. The summed E-state index contributed by atoms with van der Waals surface area (Å²) in [7, 11) is 0. The van der Waals surface area contributed by atoms with E-state index in [9.17, 15) is 20.7 Å². The first-order chi connectivity index (χ1) is 21.5. The third kappa shape index (κ3) is 4.94. The van der Waals surface area contributed by atoms with Crippen molar-refractivity contribution in [2.75, 3.05) is 36.0 Å². The predicted octanol–water partition coefficient (Wildman–Crippen LogP) is 7.23. The van der Waals surface area contributed by atoms with Crippen molar-refractivity contribution in [2.45, 2.75) is 103 Å². The second-order valence-electron chi connectivity index (χ2n) is 16.1. The van der Waals surface area contributed by atoms with Crippen LogP contribution in [0.3, 0.4) is 0 Å². The van der Waals surface area contributed by atoms with Crippen molar-refractivity contribution in [1.82, 2.24) is 0 Å². The Bertz CT molecular complexity index is 1680. The van der Waals surface area contributed by atoms with Crippen LogP contribution < -0.4 is 9.80 Å². The van der Waals surface area contributed by atoms with E-state index in [1.54, 1.807) is 0 Å². The average molecular weight is 619 g/mol. The topological polar surface area (TPSA) is 119 Å². The summed E-state index contributed by atoms with van der Waals surface area (Å²) in [5, 5.41) is 43.3. The molecule has 4 heterocycles. The van der Waals surface area contributed by atoms with Gasteiger partial charge in [0.1, 0.15) is 23.6 Å². The van der Waals surface area contributed by atoms with Gasteiger partial charge in [0.2, 0.25) is 0 Å². The van der Waals surface area contributed by atoms with Crippen LogP contribution in [0, 0.1) is 22.7 Å². The molecule has 0 radical (unpaired) electrons. The minimum atomic E-state index is -0.228. The summed E-state index contributed by atoms with van der Waals surface area (Å²) >= 11 is 0. The fourth-order valence-electron chi connectivity index (χ4n) is 7.94. The second kappa shape index (κ2) is 10.6. The number of nitriles is 2. The normalized spacial score (nSPS) is 22.1. The van der Waals surface area contributed by atoms with E-state index in [1.165, 1.54) is 12.4 Å². The van der Waals surface area contributed by atoms with E-state index in [0.29, 0.717) is 11.1 Å². The number of aromatic hydroxyl groups is 2. The molecule has 0 saturated carbocycles. The highest BCUT2D eigenvalue weighted by Gasteiger charge is 2.43. The summed E-state index contributed by atoms with van der Waals surface area (Å²) in [5.74, 6) is 0.336. The first kappa shape index (κ1) is 31.7. The maximum absolute atomic E-state index is 11.6. The lowest BCUT2D eigenvalue weighted by atomic mass is 9.69. The van der Waals surface area contributed by atoms with Gasteiger partial charge in [-0.2, -0.15) is 10.5 Å². The molecule has 0 unspecified atom stereocenters. The molecule has 240 valence electrons. The predicted molar refractivity (Wildman–Crippen MR) is 185 cm³/mol. The van der Waals surface area contributed by atoms with E-state index < -0.39 is 0 Å². The zero-order valence-electron chi connectivity index (χ0n) is 28.5. The number of aliphatic imine (C=N–C) groups is 2. The molecule has 0 bridgehead atoms. The number of rotatable bonds is 4. The van der Waals surface area contributed by atoms with Gasteiger partial charge in [0, 0.05) is 72.2 Å². The highest BCUT2D eigenvalue weighted by atomic mass is 16.3. The standard InChI is InChI=1S/C38H46N6O2/c1-35(2)9-13-43-15-11-37(5,6)29-31(43)25(35)17-23(33(29)45)21-41-27(19-39)28(20-40)42-22-24-18-26-32-30(34(24)46)38(7,8)12-16-44(32)14-10-36(26,3)4/h17-18,21-22,45-46H,9-16H2,1-8H3. The van der Waals surface area contributed by atoms with Crippen LogP contribution in [0.2, 0.25) is 0 Å². The van der Waals surface area contributed by atoms with Gasteiger partial charge in [-0.15, -0.1) is 0 Å². The van der Waals surface area contributed by atoms with Crippen molar-refractivity contribution >= 4 is 23.8 Å². The first-order valence-corrected chi connectivity index (χ1v) is 16.5. The summed E-state index contributed by atoms with van der Waals surface area (Å²) < 4.78 is 0. The molecule has 2 aromatic carbocycles. The third-order valence-corrected chi connectivity index (χ3v) is 11.2. The highest BCUT2D eigenvalue weighted by Crippen LogP contribution is 2.54. The van der Waals surface area contributed by atoms with Gasteiger partial charge in [-0.3, -0.25) is 0 Å². The van der Waals surface area contributed by atoms with Gasteiger partial charge >= 0.3 is 0 Å². The van der Waals surface area contributed by atoms with E-state index >= 15 is 0 Å². The van der Waals surface area contributed by atoms with E-state index in [0.717, 1.165) is 85.5 Å². The Labute approximate surface area is 273 Å². The molecule has 2 N–H and O–H groups in total. The van der Waals surface area contributed by atoms with Crippen LogP contribution in [-0.4, -0.2) is 48.8 Å². The van der Waals surface area contributed by atoms with Gasteiger partial charge in [-0.25, -0.2) is 9.98 Å². The fourth-order valence-corrected chi connectivity index (χ4v) is 7.94. The minimum absolute atomic E-state index is 0.0866. The number of allylic oxidation sites excluding steroid dienone is 2. The zero-order chi connectivity index (χ0) is 33.4. The summed E-state index contributed by atoms with van der Waals surface area (Å²) in [6.45, 7) is 21.4. The van der Waals surface area contributed by atoms with Crippen LogP contribution in [0.4, 0.5) is 11.4 Å². The van der Waals surface area contributed by atoms with Gasteiger partial charge < -0.3 is 20.0 Å². The molecule has 6 rings (SSSR count). The molecule has 0 aromatic heterocycles. The molecule has 0 saturated heterocycles. The Morgan fingerprint density at radius 2 is 0.957 bits per heavy atom. The smallest absolute Gasteiger partial charge is 0.176 e. The molecular weight excluding hydrogens is 572 g/mol. The number of phenols is 2. The monoisotopic (exact) mass is 618 g/mol. The van der Waals surface area contributed by atoms with Crippen molar-refractivity contribution in [3.63, 3.8) is 0 Å². The summed E-state index contributed by atoms with van der Waals surface area (Å²) in [4.78, 5) is 13.6. The Morgan fingerprint density at radius 1 is 0.630 bits per heavy atom. The summed E-state index contributed by atoms with van der Waals surface area (Å²) in [5.41, 5.74) is 6.52. The largest absolute Gasteiger partial charge is 0.507 e. The zero-order valence-corrected chi connectivity index (χ0v) is 28.5. The number of hydrogen-bond acceptors (Lipinski definition) is 8. The average Bonchev–Trinajstić information content (AvgIpc) is 2.98. The molecular formula is C38H46N6O2. The SMILES string of the molecule is CC1(C)CCN2CCC(C)(C)c3c(O)c(C=NC(C#N)=C(C#N)N=Cc4cc5c6c(c4O)C(C)(C)CCN6CCC5(C)C)cc1c32. The Balaban J connectivity index is 1.43. The van der Waals surface area contributed by atoms with Crippen molar-refractivity contribution < 1.29 is 10.2 Å². The first-order valence-electron chi connectivity index (χ1n) is 16.5. The molecule has 0 atom stereocenters. The van der Waals surface area contributed by atoms with Gasteiger partial charge in [-0.1, -0.05) is 55.4 Å². The Hall–Kier alpha value is -4.30. The van der Waals surface area contributed by atoms with Gasteiger partial charge in [-0.05, 0) is 70.6 Å². The summed E-state index contributed by atoms with van der Waals surface area (Å²) in [6.07, 6.45) is 6.82. The number of benzene rings is 2. The van der Waals surface area contributed by atoms with Crippen LogP contribution in [-0.2, 0) is 21.7 Å². The van der Waals surface area contributed by atoms with Crippen LogP contribution in [0.15, 0.2) is 33.5 Å². The number of nitrogens with zero attached hydrogens (tertiary/aromatic N) is 6. The third-order valence-electron chi connectivity index (χ3n) is 11.2. The Kier molecular flexibility index (Phi) is 7.32. The number of hydrogen-bond donors (Lipinski definition) is 2. The lowest BCUT2D eigenvalue weighted by Gasteiger charge is -2.48. The van der Waals surface area contributed by atoms with E-state index in [1.807, 2.05) is 24.3 Å². The van der Waals surface area contributed by atoms with Crippen LogP contribution in [0.1, 0.15) is 114 Å². The summed E-state index contributed by atoms with van der Waals surface area (Å²) in [6, 6.07) is 8.04. The molecule has 0 aliphatic carbocycles. The molecule has 2 aromatic rings. The minimum Gasteiger partial charge on any atom is -0.507 e. The van der Waals surface area contributed by atoms with Crippen molar-refractivity contribution in [2.24, 2.45) is 9.98 Å². The lowest BCUT2D eigenvalue weighted by Crippen LogP contribution is -2.44. The van der Waals surface area contributed by atoms with E-state index in [-0.39, 0.29) is 44.6 Å². The maximum atomic E-state index is 11.6. The van der Waals surface area contributed by atoms with Gasteiger partial charge in [0.15, 0.2) is 11.4 Å². The van der Waals surface area contributed by atoms with Crippen LogP contribution >= 0.6 is 0 Å². The molecule has 4 aliphatic rings. The van der Waals surface area contributed by atoms with Crippen LogP contribution in [0.5, 0.6) is 11.5 Å². The highest BCUT2D eigenvalue weighted by molar-refractivity contribution is 5.91. The lowest BCUT2D eigenvalue weighted by molar-refractivity contribution is 0.377. The molecule has 46 heavy (non-hydrogen) atoms. The van der Waals surface area contributed by atoms with Crippen molar-refractivity contribution in [1.29, 1.82) is 10.5 Å². The van der Waals surface area contributed by atoms with Crippen molar-refractivity contribution in [3.05, 3.63) is 56.9 Å². The number of anilines is 2. The Morgan fingerprint density at radius 3 is 1.28 bits per heavy atom. The molecule has 8 heteroatoms. The quantitative estimate of drug-likeness (QED) is 0.276. The number of phenolic OH excluding ortho intramolecular Hbond substituents is 2. The van der Waals surface area contributed by atoms with Crippen molar-refractivity contribution in [3.8, 4) is 23.6 Å². The molecule has 8 nitrogen and oxygen atoms in total. The fraction of sp³-hybridized carbons (Fsp3) is 0.526. The molecule has 0 spiro atoms. The molecule has 4 aliphatic heterocycles. The van der Waals surface area contributed by atoms with E-state index in [2.05, 4.69) is 75.2 Å². The van der Waals surface area contributed by atoms with Gasteiger partial charge in [0.05, 0.1) is 0 Å².